The summed E-state index contributed by atoms with van der Waals surface area (Å²) >= 11 is 1.54. The van der Waals surface area contributed by atoms with Crippen molar-refractivity contribution in [1.82, 2.24) is 9.78 Å². The van der Waals surface area contributed by atoms with Crippen LogP contribution in [-0.2, 0) is 11.8 Å². The van der Waals surface area contributed by atoms with Crippen LogP contribution in [-0.4, -0.2) is 27.0 Å². The molecule has 1 N–H and O–H groups in total. The molecule has 1 aromatic carbocycles. The molecule has 1 aromatic heterocycles. The number of hydrogen-bond donors (Lipinski definition) is 1. The molecular formula is C16H18N2O3S. The van der Waals surface area contributed by atoms with Crippen LogP contribution in [0.5, 0.6) is 5.75 Å². The predicted octanol–water partition coefficient (Wildman–Crippen LogP) is 3.37. The minimum Gasteiger partial charge on any atom is -0.479 e. The first-order valence-electron chi connectivity index (χ1n) is 6.75. The molecule has 0 aliphatic rings. The van der Waals surface area contributed by atoms with E-state index in [1.807, 2.05) is 36.9 Å². The standard InChI is InChI=1S/C16H18N2O3S/c1-5-14-10(2)17-18(4)15(14)22-13-8-6-7-12(9-13)21-11(3)16(19)20/h5-9,11H,1H2,2-4H3,(H,19,20)/t11-/m0/s1. The van der Waals surface area contributed by atoms with Crippen molar-refractivity contribution in [3.05, 3.63) is 42.1 Å². The third kappa shape index (κ3) is 3.51. The van der Waals surface area contributed by atoms with Gasteiger partial charge in [-0.25, -0.2) is 4.79 Å². The number of carboxylic acid groups (broad SMARTS) is 1. The molecule has 0 unspecified atom stereocenters. The Hall–Kier alpha value is -2.21. The van der Waals surface area contributed by atoms with Crippen molar-refractivity contribution in [2.75, 3.05) is 0 Å². The lowest BCUT2D eigenvalue weighted by Crippen LogP contribution is -2.22. The van der Waals surface area contributed by atoms with E-state index in [4.69, 9.17) is 9.84 Å². The average Bonchev–Trinajstić information content (AvgIpc) is 2.73. The quantitative estimate of drug-likeness (QED) is 0.884. The summed E-state index contributed by atoms with van der Waals surface area (Å²) in [5.41, 5.74) is 1.92. The Bertz CT molecular complexity index is 709. The summed E-state index contributed by atoms with van der Waals surface area (Å²) in [5.74, 6) is -0.465. The predicted molar refractivity (Wildman–Crippen MR) is 86.3 cm³/mol. The van der Waals surface area contributed by atoms with Crippen LogP contribution in [0, 0.1) is 6.92 Å². The highest BCUT2D eigenvalue weighted by Crippen LogP contribution is 2.33. The van der Waals surface area contributed by atoms with Crippen LogP contribution in [0.3, 0.4) is 0 Å². The summed E-state index contributed by atoms with van der Waals surface area (Å²) in [6.45, 7) is 7.27. The van der Waals surface area contributed by atoms with Crippen molar-refractivity contribution in [3.63, 3.8) is 0 Å². The Morgan fingerprint density at radius 3 is 2.91 bits per heavy atom. The SMILES string of the molecule is C=Cc1c(C)nn(C)c1Sc1cccc(O[C@@H](C)C(=O)O)c1. The molecule has 1 heterocycles. The fraction of sp³-hybridized carbons (Fsp3) is 0.250. The lowest BCUT2D eigenvalue weighted by atomic mass is 10.3. The third-order valence-corrected chi connectivity index (χ3v) is 4.27. The smallest absolute Gasteiger partial charge is 0.344 e. The van der Waals surface area contributed by atoms with Crippen molar-refractivity contribution in [2.45, 2.75) is 29.9 Å². The van der Waals surface area contributed by atoms with Crippen LogP contribution in [0.25, 0.3) is 6.08 Å². The first-order chi connectivity index (χ1) is 10.4. The largest absolute Gasteiger partial charge is 0.479 e. The number of aliphatic carboxylic acids is 1. The number of benzene rings is 1. The third-order valence-electron chi connectivity index (χ3n) is 3.10. The van der Waals surface area contributed by atoms with Crippen molar-refractivity contribution < 1.29 is 14.6 Å². The lowest BCUT2D eigenvalue weighted by Gasteiger charge is -2.11. The molecule has 22 heavy (non-hydrogen) atoms. The summed E-state index contributed by atoms with van der Waals surface area (Å²) in [6.07, 6.45) is 0.903. The number of aryl methyl sites for hydroxylation is 2. The molecule has 0 spiro atoms. The van der Waals surface area contributed by atoms with Crippen LogP contribution < -0.4 is 4.74 Å². The number of carbonyl (C=O) groups is 1. The summed E-state index contributed by atoms with van der Waals surface area (Å²) in [6, 6.07) is 7.34. The maximum absolute atomic E-state index is 10.9. The summed E-state index contributed by atoms with van der Waals surface area (Å²) < 4.78 is 7.20. The van der Waals surface area contributed by atoms with Gasteiger partial charge in [0, 0.05) is 17.5 Å². The Morgan fingerprint density at radius 2 is 2.27 bits per heavy atom. The van der Waals surface area contributed by atoms with E-state index in [0.29, 0.717) is 5.75 Å². The molecule has 0 fully saturated rings. The van der Waals surface area contributed by atoms with E-state index in [1.165, 1.54) is 18.7 Å². The zero-order chi connectivity index (χ0) is 16.3. The van der Waals surface area contributed by atoms with E-state index < -0.39 is 12.1 Å². The highest BCUT2D eigenvalue weighted by atomic mass is 32.2. The van der Waals surface area contributed by atoms with Crippen molar-refractivity contribution in [3.8, 4) is 5.75 Å². The molecule has 116 valence electrons. The molecule has 1 atom stereocenters. The number of aromatic nitrogens is 2. The van der Waals surface area contributed by atoms with Gasteiger partial charge in [0.1, 0.15) is 10.8 Å². The Kier molecular flexibility index (Phi) is 4.92. The molecule has 5 nitrogen and oxygen atoms in total. The first kappa shape index (κ1) is 16.2. The fourth-order valence-electron chi connectivity index (χ4n) is 1.99. The van der Waals surface area contributed by atoms with E-state index in [0.717, 1.165) is 21.2 Å². The van der Waals surface area contributed by atoms with E-state index in [-0.39, 0.29) is 0 Å². The van der Waals surface area contributed by atoms with Crippen LogP contribution in [0.15, 0.2) is 40.8 Å². The first-order valence-corrected chi connectivity index (χ1v) is 7.57. The Balaban J connectivity index is 2.24. The minimum absolute atomic E-state index is 0.527. The monoisotopic (exact) mass is 318 g/mol. The number of nitrogens with zero attached hydrogens (tertiary/aromatic N) is 2. The number of rotatable bonds is 6. The van der Waals surface area contributed by atoms with Gasteiger partial charge in [-0.05, 0) is 32.0 Å². The lowest BCUT2D eigenvalue weighted by molar-refractivity contribution is -0.144. The van der Waals surface area contributed by atoms with Gasteiger partial charge in [-0.15, -0.1) is 0 Å². The maximum atomic E-state index is 10.9. The molecule has 0 bridgehead atoms. The highest BCUT2D eigenvalue weighted by Gasteiger charge is 2.14. The van der Waals surface area contributed by atoms with Gasteiger partial charge in [0.15, 0.2) is 6.10 Å². The molecule has 0 aliphatic heterocycles. The molecule has 0 saturated heterocycles. The molecule has 6 heteroatoms. The van der Waals surface area contributed by atoms with Gasteiger partial charge in [0.25, 0.3) is 0 Å². The van der Waals surface area contributed by atoms with Gasteiger partial charge < -0.3 is 9.84 Å². The zero-order valence-electron chi connectivity index (χ0n) is 12.7. The van der Waals surface area contributed by atoms with E-state index in [1.54, 1.807) is 12.1 Å². The fourth-order valence-corrected chi connectivity index (χ4v) is 3.05. The number of hydrogen-bond acceptors (Lipinski definition) is 4. The molecule has 0 saturated carbocycles. The second-order valence-electron chi connectivity index (χ2n) is 4.81. The van der Waals surface area contributed by atoms with E-state index in [2.05, 4.69) is 11.7 Å². The van der Waals surface area contributed by atoms with E-state index >= 15 is 0 Å². The molecular weight excluding hydrogens is 300 g/mol. The summed E-state index contributed by atoms with van der Waals surface area (Å²) in [5, 5.41) is 14.3. The topological polar surface area (TPSA) is 64.4 Å². The summed E-state index contributed by atoms with van der Waals surface area (Å²) in [7, 11) is 1.88. The molecule has 2 aromatic rings. The van der Waals surface area contributed by atoms with E-state index in [9.17, 15) is 4.79 Å². The number of ether oxygens (including phenoxy) is 1. The average molecular weight is 318 g/mol. The van der Waals surface area contributed by atoms with Gasteiger partial charge in [-0.1, -0.05) is 30.5 Å². The van der Waals surface area contributed by atoms with Gasteiger partial charge >= 0.3 is 5.97 Å². The Morgan fingerprint density at radius 1 is 1.55 bits per heavy atom. The molecule has 2 rings (SSSR count). The zero-order valence-corrected chi connectivity index (χ0v) is 13.6. The molecule has 0 amide bonds. The second-order valence-corrected chi connectivity index (χ2v) is 5.87. The number of carboxylic acids is 1. The second kappa shape index (κ2) is 6.70. The van der Waals surface area contributed by atoms with Crippen LogP contribution in [0.1, 0.15) is 18.2 Å². The molecule has 0 radical (unpaired) electrons. The van der Waals surface area contributed by atoms with Crippen molar-refractivity contribution in [1.29, 1.82) is 0 Å². The Labute approximate surface area is 133 Å². The van der Waals surface area contributed by atoms with Crippen LogP contribution >= 0.6 is 11.8 Å². The summed E-state index contributed by atoms with van der Waals surface area (Å²) in [4.78, 5) is 11.8. The molecule has 0 aliphatic carbocycles. The van der Waals surface area contributed by atoms with Gasteiger partial charge in [-0.3, -0.25) is 4.68 Å². The van der Waals surface area contributed by atoms with Crippen LogP contribution in [0.2, 0.25) is 0 Å². The normalized spacial score (nSPS) is 12.0. The van der Waals surface area contributed by atoms with Gasteiger partial charge in [0.2, 0.25) is 0 Å². The van der Waals surface area contributed by atoms with Crippen molar-refractivity contribution in [2.24, 2.45) is 7.05 Å². The maximum Gasteiger partial charge on any atom is 0.344 e. The minimum atomic E-state index is -0.991. The van der Waals surface area contributed by atoms with Crippen molar-refractivity contribution >= 4 is 23.8 Å². The highest BCUT2D eigenvalue weighted by molar-refractivity contribution is 7.99. The van der Waals surface area contributed by atoms with Gasteiger partial charge in [0.05, 0.1) is 5.69 Å². The van der Waals surface area contributed by atoms with Crippen LogP contribution in [0.4, 0.5) is 0 Å². The van der Waals surface area contributed by atoms with Gasteiger partial charge in [-0.2, -0.15) is 5.10 Å².